The molecule has 2 heterocycles. The molecule has 0 radical (unpaired) electrons. The van der Waals surface area contributed by atoms with Crippen LogP contribution in [0.15, 0.2) is 54.6 Å². The van der Waals surface area contributed by atoms with Crippen LogP contribution < -0.4 is 5.73 Å². The van der Waals surface area contributed by atoms with Crippen LogP contribution in [-0.2, 0) is 19.2 Å². The van der Waals surface area contributed by atoms with Crippen LogP contribution in [0.5, 0.6) is 0 Å². The summed E-state index contributed by atoms with van der Waals surface area (Å²) in [4.78, 5) is 43.0. The van der Waals surface area contributed by atoms with Gasteiger partial charge in [0.2, 0.25) is 11.8 Å². The number of imide groups is 1. The number of amides is 3. The number of fused-ring (bicyclic) bond motifs is 1. The van der Waals surface area contributed by atoms with E-state index in [-0.39, 0.29) is 12.5 Å². The summed E-state index contributed by atoms with van der Waals surface area (Å²) in [5, 5.41) is 1.36. The summed E-state index contributed by atoms with van der Waals surface area (Å²) in [6.07, 6.45) is -0.916. The molecule has 4 rings (SSSR count). The average Bonchev–Trinajstić information content (AvgIpc) is 3.13. The van der Waals surface area contributed by atoms with Crippen molar-refractivity contribution in [2.24, 2.45) is 11.7 Å². The van der Waals surface area contributed by atoms with Crippen molar-refractivity contribution in [1.29, 1.82) is 0 Å². The van der Waals surface area contributed by atoms with Gasteiger partial charge in [0.05, 0.1) is 12.0 Å². The quantitative estimate of drug-likeness (QED) is 0.820. The van der Waals surface area contributed by atoms with E-state index in [2.05, 4.69) is 0 Å². The number of carbonyl (C=O) groups excluding carboxylic acids is 3. The van der Waals surface area contributed by atoms with E-state index in [9.17, 15) is 14.4 Å². The highest BCUT2D eigenvalue weighted by molar-refractivity contribution is 6.07. The summed E-state index contributed by atoms with van der Waals surface area (Å²) in [5.74, 6) is -1.99. The Morgan fingerprint density at radius 1 is 1.00 bits per heavy atom. The van der Waals surface area contributed by atoms with E-state index >= 15 is 0 Å². The lowest BCUT2D eigenvalue weighted by Gasteiger charge is -2.25. The molecule has 3 atom stereocenters. The minimum absolute atomic E-state index is 0.192. The van der Waals surface area contributed by atoms with Crippen LogP contribution in [0.1, 0.15) is 11.6 Å². The number of hydrogen-bond acceptors (Lipinski definition) is 5. The molecular formula is C20H19N3O4. The first-order valence-corrected chi connectivity index (χ1v) is 8.66. The number of carbonyl (C=O) groups is 3. The van der Waals surface area contributed by atoms with Gasteiger partial charge in [-0.15, -0.1) is 0 Å². The highest BCUT2D eigenvalue weighted by atomic mass is 16.7. The molecule has 3 amide bonds. The molecule has 2 aromatic carbocycles. The number of nitrogens with two attached hydrogens (primary N) is 1. The lowest BCUT2D eigenvalue weighted by molar-refractivity contribution is -0.181. The first kappa shape index (κ1) is 17.4. The van der Waals surface area contributed by atoms with Crippen molar-refractivity contribution < 1.29 is 19.2 Å². The zero-order valence-electron chi connectivity index (χ0n) is 14.7. The van der Waals surface area contributed by atoms with Crippen LogP contribution in [0.2, 0.25) is 0 Å². The molecule has 0 aromatic heterocycles. The van der Waals surface area contributed by atoms with Crippen molar-refractivity contribution in [3.05, 3.63) is 60.2 Å². The molecule has 7 nitrogen and oxygen atoms in total. The van der Waals surface area contributed by atoms with Gasteiger partial charge in [0.1, 0.15) is 6.54 Å². The van der Waals surface area contributed by atoms with Gasteiger partial charge < -0.3 is 5.73 Å². The number of primary amides is 1. The van der Waals surface area contributed by atoms with Gasteiger partial charge in [0.15, 0.2) is 6.10 Å². The predicted octanol–water partition coefficient (Wildman–Crippen LogP) is 1.11. The Morgan fingerprint density at radius 3 is 2.26 bits per heavy atom. The molecule has 2 aliphatic heterocycles. The Bertz CT molecular complexity index is 897. The zero-order valence-corrected chi connectivity index (χ0v) is 14.7. The second-order valence-corrected chi connectivity index (χ2v) is 6.76. The molecule has 2 aliphatic rings. The molecular weight excluding hydrogens is 346 g/mol. The molecule has 2 fully saturated rings. The molecule has 0 bridgehead atoms. The Balaban J connectivity index is 1.69. The Kier molecular flexibility index (Phi) is 4.25. The first-order valence-electron chi connectivity index (χ1n) is 8.66. The number of rotatable bonds is 4. The third-order valence-corrected chi connectivity index (χ3v) is 5.09. The van der Waals surface area contributed by atoms with E-state index in [4.69, 9.17) is 10.6 Å². The maximum absolute atomic E-state index is 12.6. The van der Waals surface area contributed by atoms with E-state index in [1.807, 2.05) is 54.6 Å². The highest BCUT2D eigenvalue weighted by Gasteiger charge is 2.58. The minimum atomic E-state index is -0.916. The van der Waals surface area contributed by atoms with Crippen molar-refractivity contribution >= 4 is 17.7 Å². The predicted molar refractivity (Wildman–Crippen MR) is 96.7 cm³/mol. The van der Waals surface area contributed by atoms with E-state index in [0.717, 1.165) is 21.6 Å². The van der Waals surface area contributed by atoms with Crippen LogP contribution in [0.25, 0.3) is 11.1 Å². The fourth-order valence-corrected chi connectivity index (χ4v) is 3.77. The van der Waals surface area contributed by atoms with Gasteiger partial charge in [-0.3, -0.25) is 24.1 Å². The highest BCUT2D eigenvalue weighted by Crippen LogP contribution is 2.44. The maximum atomic E-state index is 12.6. The second kappa shape index (κ2) is 6.61. The molecule has 2 saturated heterocycles. The average molecular weight is 365 g/mol. The molecule has 138 valence electrons. The summed E-state index contributed by atoms with van der Waals surface area (Å²) >= 11 is 0. The van der Waals surface area contributed by atoms with Crippen molar-refractivity contribution in [2.75, 3.05) is 13.6 Å². The third kappa shape index (κ3) is 2.90. The van der Waals surface area contributed by atoms with Gasteiger partial charge >= 0.3 is 0 Å². The van der Waals surface area contributed by atoms with Crippen molar-refractivity contribution in [1.82, 2.24) is 9.96 Å². The third-order valence-electron chi connectivity index (χ3n) is 5.09. The lowest BCUT2D eigenvalue weighted by Crippen LogP contribution is -2.38. The summed E-state index contributed by atoms with van der Waals surface area (Å²) in [6, 6.07) is 17.0. The number of nitrogens with zero attached hydrogens (tertiary/aromatic N) is 2. The fourth-order valence-electron chi connectivity index (χ4n) is 3.77. The SMILES string of the molecule is CN1C(=O)C2ON(CC(N)=O)C(c3ccc(-c4ccccc4)cc3)C2C1=O. The molecule has 0 aliphatic carbocycles. The van der Waals surface area contributed by atoms with Crippen LogP contribution >= 0.6 is 0 Å². The molecule has 0 saturated carbocycles. The number of benzene rings is 2. The monoisotopic (exact) mass is 365 g/mol. The van der Waals surface area contributed by atoms with E-state index < -0.39 is 29.9 Å². The van der Waals surface area contributed by atoms with E-state index in [0.29, 0.717) is 0 Å². The van der Waals surface area contributed by atoms with Crippen LogP contribution in [0.4, 0.5) is 0 Å². The smallest absolute Gasteiger partial charge is 0.261 e. The Morgan fingerprint density at radius 2 is 1.63 bits per heavy atom. The van der Waals surface area contributed by atoms with Gasteiger partial charge in [-0.2, -0.15) is 5.06 Å². The van der Waals surface area contributed by atoms with Crippen LogP contribution in [0.3, 0.4) is 0 Å². The number of hydroxylamine groups is 2. The second-order valence-electron chi connectivity index (χ2n) is 6.76. The fraction of sp³-hybridized carbons (Fsp3) is 0.250. The lowest BCUT2D eigenvalue weighted by atomic mass is 9.90. The maximum Gasteiger partial charge on any atom is 0.261 e. The number of hydrogen-bond donors (Lipinski definition) is 1. The molecule has 2 aromatic rings. The largest absolute Gasteiger partial charge is 0.368 e. The van der Waals surface area contributed by atoms with Gasteiger partial charge in [-0.1, -0.05) is 54.6 Å². The minimum Gasteiger partial charge on any atom is -0.368 e. The summed E-state index contributed by atoms with van der Waals surface area (Å²) in [7, 11) is 1.44. The molecule has 7 heteroatoms. The summed E-state index contributed by atoms with van der Waals surface area (Å²) < 4.78 is 0. The van der Waals surface area contributed by atoms with Gasteiger partial charge in [0, 0.05) is 7.05 Å². The van der Waals surface area contributed by atoms with E-state index in [1.165, 1.54) is 12.1 Å². The van der Waals surface area contributed by atoms with Crippen molar-refractivity contribution in [2.45, 2.75) is 12.1 Å². The normalized spacial score (nSPS) is 25.1. The Hall–Kier alpha value is -3.03. The summed E-state index contributed by atoms with van der Waals surface area (Å²) in [5.41, 5.74) is 8.21. The van der Waals surface area contributed by atoms with Crippen molar-refractivity contribution in [3.63, 3.8) is 0 Å². The van der Waals surface area contributed by atoms with Crippen LogP contribution in [0, 0.1) is 5.92 Å². The van der Waals surface area contributed by atoms with Crippen molar-refractivity contribution in [3.8, 4) is 11.1 Å². The topological polar surface area (TPSA) is 92.9 Å². The Labute approximate surface area is 156 Å². The number of likely N-dealkylation sites (tertiary alicyclic amines) is 1. The summed E-state index contributed by atoms with van der Waals surface area (Å²) in [6.45, 7) is -0.192. The molecule has 27 heavy (non-hydrogen) atoms. The number of likely N-dealkylation sites (N-methyl/N-ethyl adjacent to an activating group) is 1. The van der Waals surface area contributed by atoms with E-state index in [1.54, 1.807) is 0 Å². The zero-order chi connectivity index (χ0) is 19.1. The van der Waals surface area contributed by atoms with Gasteiger partial charge in [-0.05, 0) is 16.7 Å². The molecule has 2 N–H and O–H groups in total. The van der Waals surface area contributed by atoms with Gasteiger partial charge in [-0.25, -0.2) is 0 Å². The molecule has 3 unspecified atom stereocenters. The first-order chi connectivity index (χ1) is 13.0. The van der Waals surface area contributed by atoms with Crippen LogP contribution in [-0.4, -0.2) is 47.4 Å². The van der Waals surface area contributed by atoms with Gasteiger partial charge in [0.25, 0.3) is 5.91 Å². The molecule has 0 spiro atoms. The standard InChI is InChI=1S/C20H19N3O4/c1-22-19(25)16-17(23(11-15(21)24)27-18(16)20(22)26)14-9-7-13(8-10-14)12-5-3-2-4-6-12/h2-10,16-18H,11H2,1H3,(H2,21,24).